The number of imidazole rings is 1. The van der Waals surface area contributed by atoms with Crippen LogP contribution in [0, 0.1) is 6.92 Å². The molecule has 0 radical (unpaired) electrons. The first-order chi connectivity index (χ1) is 11.6. The van der Waals surface area contributed by atoms with Gasteiger partial charge in [-0.05, 0) is 49.6 Å². The van der Waals surface area contributed by atoms with Gasteiger partial charge in [0.1, 0.15) is 11.6 Å². The fraction of sp³-hybridized carbons (Fsp3) is 0.263. The summed E-state index contributed by atoms with van der Waals surface area (Å²) >= 11 is 0. The molecule has 122 valence electrons. The largest absolute Gasteiger partial charge is 0.508 e. The van der Waals surface area contributed by atoms with E-state index < -0.39 is 0 Å². The van der Waals surface area contributed by atoms with Crippen molar-refractivity contribution in [2.24, 2.45) is 0 Å². The third-order valence-corrected chi connectivity index (χ3v) is 4.52. The Morgan fingerprint density at radius 1 is 1.33 bits per heavy atom. The summed E-state index contributed by atoms with van der Waals surface area (Å²) in [5.74, 6) is 1.13. The van der Waals surface area contributed by atoms with Gasteiger partial charge >= 0.3 is 0 Å². The molecule has 1 aliphatic heterocycles. The van der Waals surface area contributed by atoms with E-state index in [4.69, 9.17) is 0 Å². The smallest absolute Gasteiger partial charge is 0.231 e. The van der Waals surface area contributed by atoms with Gasteiger partial charge in [-0.3, -0.25) is 4.79 Å². The number of aromatic amines is 1. The highest BCUT2D eigenvalue weighted by atomic mass is 16.3. The van der Waals surface area contributed by atoms with Crippen molar-refractivity contribution in [3.8, 4) is 5.75 Å². The molecule has 2 aromatic carbocycles. The van der Waals surface area contributed by atoms with Crippen LogP contribution in [0.15, 0.2) is 36.4 Å². The summed E-state index contributed by atoms with van der Waals surface area (Å²) in [5, 5.41) is 9.58. The van der Waals surface area contributed by atoms with Gasteiger partial charge in [-0.25, -0.2) is 4.98 Å². The van der Waals surface area contributed by atoms with Gasteiger partial charge in [0, 0.05) is 17.8 Å². The predicted molar refractivity (Wildman–Crippen MR) is 93.3 cm³/mol. The fourth-order valence-electron chi connectivity index (χ4n) is 3.47. The lowest BCUT2D eigenvalue weighted by atomic mass is 9.99. The number of hydrogen-bond donors (Lipinski definition) is 2. The Kier molecular flexibility index (Phi) is 3.49. The Balaban J connectivity index is 1.68. The molecule has 0 saturated heterocycles. The number of carbonyl (C=O) groups is 1. The molecule has 0 saturated carbocycles. The molecule has 0 bridgehead atoms. The van der Waals surface area contributed by atoms with E-state index in [9.17, 15) is 9.90 Å². The lowest BCUT2D eigenvalue weighted by molar-refractivity contribution is -0.118. The molecular formula is C19H19N3O2. The molecule has 0 unspecified atom stereocenters. The first kappa shape index (κ1) is 14.8. The summed E-state index contributed by atoms with van der Waals surface area (Å²) in [5.41, 5.74) is 4.93. The third kappa shape index (κ3) is 2.52. The molecule has 0 fully saturated rings. The first-order valence-corrected chi connectivity index (χ1v) is 8.18. The van der Waals surface area contributed by atoms with Crippen molar-refractivity contribution in [1.82, 2.24) is 9.97 Å². The van der Waals surface area contributed by atoms with Gasteiger partial charge in [0.2, 0.25) is 5.91 Å². The molecule has 1 amide bonds. The number of aryl methyl sites for hydroxylation is 2. The van der Waals surface area contributed by atoms with Crippen LogP contribution < -0.4 is 4.90 Å². The van der Waals surface area contributed by atoms with Gasteiger partial charge in [0.25, 0.3) is 0 Å². The minimum absolute atomic E-state index is 0.0492. The molecule has 4 rings (SSSR count). The Labute approximate surface area is 139 Å². The van der Waals surface area contributed by atoms with Crippen molar-refractivity contribution >= 4 is 22.6 Å². The summed E-state index contributed by atoms with van der Waals surface area (Å²) in [4.78, 5) is 22.5. The lowest BCUT2D eigenvalue weighted by Gasteiger charge is -2.29. The summed E-state index contributed by atoms with van der Waals surface area (Å²) in [6, 6.07) is 10.9. The standard InChI is InChI=1S/C19H19N3O2/c1-12-20-16-7-8-17-15(19(16)21-12)6-3-9-22(17)18(24)11-13-4-2-5-14(23)10-13/h2,4-5,7-8,10,23H,3,6,9,11H2,1H3,(H,20,21). The summed E-state index contributed by atoms with van der Waals surface area (Å²) in [6.07, 6.45) is 2.15. The van der Waals surface area contributed by atoms with E-state index in [-0.39, 0.29) is 18.1 Å². The molecule has 0 spiro atoms. The number of amides is 1. The second kappa shape index (κ2) is 5.67. The monoisotopic (exact) mass is 321 g/mol. The number of nitrogens with zero attached hydrogens (tertiary/aromatic N) is 2. The maximum atomic E-state index is 12.8. The van der Waals surface area contributed by atoms with Crippen molar-refractivity contribution < 1.29 is 9.90 Å². The van der Waals surface area contributed by atoms with Crippen LogP contribution in [0.5, 0.6) is 5.75 Å². The van der Waals surface area contributed by atoms with Crippen LogP contribution in [-0.4, -0.2) is 27.5 Å². The maximum Gasteiger partial charge on any atom is 0.231 e. The number of phenols is 1. The van der Waals surface area contributed by atoms with Crippen LogP contribution in [0.4, 0.5) is 5.69 Å². The predicted octanol–water partition coefficient (Wildman–Crippen LogP) is 3.10. The van der Waals surface area contributed by atoms with Gasteiger partial charge in [0.15, 0.2) is 0 Å². The van der Waals surface area contributed by atoms with E-state index >= 15 is 0 Å². The number of nitrogens with one attached hydrogen (secondary N) is 1. The molecular weight excluding hydrogens is 302 g/mol. The van der Waals surface area contributed by atoms with Crippen LogP contribution in [-0.2, 0) is 17.6 Å². The zero-order chi connectivity index (χ0) is 16.7. The van der Waals surface area contributed by atoms with Crippen molar-refractivity contribution in [2.45, 2.75) is 26.2 Å². The summed E-state index contributed by atoms with van der Waals surface area (Å²) in [6.45, 7) is 2.67. The van der Waals surface area contributed by atoms with Crippen molar-refractivity contribution in [3.05, 3.63) is 53.3 Å². The minimum Gasteiger partial charge on any atom is -0.508 e. The number of aromatic hydroxyl groups is 1. The molecule has 2 N–H and O–H groups in total. The second-order valence-corrected chi connectivity index (χ2v) is 6.28. The Bertz CT molecular complexity index is 930. The molecule has 1 aromatic heterocycles. The van der Waals surface area contributed by atoms with Gasteiger partial charge in [-0.2, -0.15) is 0 Å². The molecule has 2 heterocycles. The summed E-state index contributed by atoms with van der Waals surface area (Å²) < 4.78 is 0. The molecule has 0 atom stereocenters. The Hall–Kier alpha value is -2.82. The molecule has 1 aliphatic rings. The van der Waals surface area contributed by atoms with E-state index in [2.05, 4.69) is 9.97 Å². The number of phenolic OH excluding ortho intramolecular Hbond substituents is 1. The van der Waals surface area contributed by atoms with Crippen LogP contribution in [0.2, 0.25) is 0 Å². The molecule has 0 aliphatic carbocycles. The number of carbonyl (C=O) groups excluding carboxylic acids is 1. The topological polar surface area (TPSA) is 69.2 Å². The zero-order valence-electron chi connectivity index (χ0n) is 13.5. The van der Waals surface area contributed by atoms with Gasteiger partial charge in [-0.15, -0.1) is 0 Å². The van der Waals surface area contributed by atoms with Crippen molar-refractivity contribution in [3.63, 3.8) is 0 Å². The zero-order valence-corrected chi connectivity index (χ0v) is 13.5. The number of anilines is 1. The average molecular weight is 321 g/mol. The minimum atomic E-state index is 0.0492. The Morgan fingerprint density at radius 2 is 2.21 bits per heavy atom. The van der Waals surface area contributed by atoms with E-state index in [1.54, 1.807) is 18.2 Å². The van der Waals surface area contributed by atoms with E-state index in [1.807, 2.05) is 30.0 Å². The van der Waals surface area contributed by atoms with Crippen molar-refractivity contribution in [2.75, 3.05) is 11.4 Å². The number of hydrogen-bond acceptors (Lipinski definition) is 3. The van der Waals surface area contributed by atoms with Crippen LogP contribution in [0.1, 0.15) is 23.4 Å². The molecule has 5 heteroatoms. The number of benzene rings is 2. The number of H-pyrrole nitrogens is 1. The highest BCUT2D eigenvalue weighted by Gasteiger charge is 2.25. The van der Waals surface area contributed by atoms with Crippen LogP contribution >= 0.6 is 0 Å². The normalized spacial score (nSPS) is 14.0. The molecule has 5 nitrogen and oxygen atoms in total. The molecule has 24 heavy (non-hydrogen) atoms. The maximum absolute atomic E-state index is 12.8. The average Bonchev–Trinajstić information content (AvgIpc) is 2.95. The fourth-order valence-corrected chi connectivity index (χ4v) is 3.47. The van der Waals surface area contributed by atoms with Crippen molar-refractivity contribution in [1.29, 1.82) is 0 Å². The van der Waals surface area contributed by atoms with E-state index in [0.29, 0.717) is 0 Å². The number of fused-ring (bicyclic) bond motifs is 3. The first-order valence-electron chi connectivity index (χ1n) is 8.18. The molecule has 3 aromatic rings. The van der Waals surface area contributed by atoms with E-state index in [0.717, 1.165) is 53.1 Å². The van der Waals surface area contributed by atoms with Crippen LogP contribution in [0.25, 0.3) is 11.0 Å². The quantitative estimate of drug-likeness (QED) is 0.762. The highest BCUT2D eigenvalue weighted by molar-refractivity contribution is 5.99. The Morgan fingerprint density at radius 3 is 3.04 bits per heavy atom. The van der Waals surface area contributed by atoms with Crippen LogP contribution in [0.3, 0.4) is 0 Å². The number of aromatic nitrogens is 2. The second-order valence-electron chi connectivity index (χ2n) is 6.28. The van der Waals surface area contributed by atoms with Gasteiger partial charge < -0.3 is 15.0 Å². The third-order valence-electron chi connectivity index (χ3n) is 4.52. The number of rotatable bonds is 2. The summed E-state index contributed by atoms with van der Waals surface area (Å²) in [7, 11) is 0. The SMILES string of the molecule is Cc1nc2c3c(ccc2[nH]1)N(C(=O)Cc1cccc(O)c1)CCC3. The van der Waals surface area contributed by atoms with Gasteiger partial charge in [-0.1, -0.05) is 12.1 Å². The highest BCUT2D eigenvalue weighted by Crippen LogP contribution is 2.33. The van der Waals surface area contributed by atoms with E-state index in [1.165, 1.54) is 0 Å². The lowest BCUT2D eigenvalue weighted by Crippen LogP contribution is -2.36. The van der Waals surface area contributed by atoms with Gasteiger partial charge in [0.05, 0.1) is 17.5 Å².